The first-order valence-corrected chi connectivity index (χ1v) is 10.3. The molecule has 1 saturated heterocycles. The molecule has 144 valence electrons. The first-order chi connectivity index (χ1) is 12.8. The SMILES string of the molecule is CC(C)(C)C1CCc2nc3ccccc3c(C(=O)N3CCC(N)CC3)c2C1. The Morgan fingerprint density at radius 1 is 1.15 bits per heavy atom. The average molecular weight is 366 g/mol. The third-order valence-electron chi connectivity index (χ3n) is 6.52. The summed E-state index contributed by atoms with van der Waals surface area (Å²) in [5, 5.41) is 1.01. The van der Waals surface area contributed by atoms with Crippen molar-refractivity contribution in [3.63, 3.8) is 0 Å². The number of benzene rings is 1. The van der Waals surface area contributed by atoms with Crippen molar-refractivity contribution in [2.75, 3.05) is 13.1 Å². The number of aryl methyl sites for hydroxylation is 1. The lowest BCUT2D eigenvalue weighted by Crippen LogP contribution is -2.43. The third kappa shape index (κ3) is 3.47. The standard InChI is InChI=1S/C23H31N3O/c1-23(2,3)15-8-9-20-18(14-15)21(17-6-4-5-7-19(17)25-20)22(27)26-12-10-16(24)11-13-26/h4-7,15-16H,8-14,24H2,1-3H3. The highest BCUT2D eigenvalue weighted by Gasteiger charge is 2.34. The van der Waals surface area contributed by atoms with Crippen molar-refractivity contribution in [1.29, 1.82) is 0 Å². The molecule has 2 aliphatic rings. The fourth-order valence-corrected chi connectivity index (χ4v) is 4.63. The molecule has 4 heteroatoms. The number of piperidine rings is 1. The van der Waals surface area contributed by atoms with Gasteiger partial charge in [0, 0.05) is 30.2 Å². The van der Waals surface area contributed by atoms with E-state index in [-0.39, 0.29) is 17.4 Å². The number of amides is 1. The number of carbonyl (C=O) groups is 1. The number of para-hydroxylation sites is 1. The molecule has 1 atom stereocenters. The van der Waals surface area contributed by atoms with Gasteiger partial charge < -0.3 is 10.6 Å². The Morgan fingerprint density at radius 2 is 1.85 bits per heavy atom. The van der Waals surface area contributed by atoms with Crippen molar-refractivity contribution in [2.24, 2.45) is 17.1 Å². The zero-order chi connectivity index (χ0) is 19.2. The van der Waals surface area contributed by atoms with Gasteiger partial charge in [-0.15, -0.1) is 0 Å². The summed E-state index contributed by atoms with van der Waals surface area (Å²) in [4.78, 5) is 20.6. The van der Waals surface area contributed by atoms with Crippen LogP contribution >= 0.6 is 0 Å². The highest BCUT2D eigenvalue weighted by molar-refractivity contribution is 6.07. The van der Waals surface area contributed by atoms with E-state index >= 15 is 0 Å². The normalized spacial score (nSPS) is 21.3. The second-order valence-corrected chi connectivity index (χ2v) is 9.36. The van der Waals surface area contributed by atoms with Crippen LogP contribution in [-0.4, -0.2) is 34.9 Å². The first-order valence-electron chi connectivity index (χ1n) is 10.3. The van der Waals surface area contributed by atoms with Gasteiger partial charge in [-0.05, 0) is 55.1 Å². The molecule has 2 aromatic rings. The largest absolute Gasteiger partial charge is 0.339 e. The molecule has 0 saturated carbocycles. The van der Waals surface area contributed by atoms with E-state index in [1.165, 1.54) is 5.56 Å². The van der Waals surface area contributed by atoms with Crippen LogP contribution in [0, 0.1) is 11.3 Å². The van der Waals surface area contributed by atoms with Crippen molar-refractivity contribution in [3.05, 3.63) is 41.1 Å². The lowest BCUT2D eigenvalue weighted by Gasteiger charge is -2.36. The number of likely N-dealkylation sites (tertiary alicyclic amines) is 1. The van der Waals surface area contributed by atoms with Gasteiger partial charge in [-0.25, -0.2) is 0 Å². The summed E-state index contributed by atoms with van der Waals surface area (Å²) in [6.07, 6.45) is 4.84. The summed E-state index contributed by atoms with van der Waals surface area (Å²) in [5.41, 5.74) is 10.5. The van der Waals surface area contributed by atoms with Crippen molar-refractivity contribution in [2.45, 2.75) is 58.9 Å². The van der Waals surface area contributed by atoms with Gasteiger partial charge in [0.1, 0.15) is 0 Å². The summed E-state index contributed by atoms with van der Waals surface area (Å²) in [6.45, 7) is 8.45. The molecule has 27 heavy (non-hydrogen) atoms. The molecule has 4 nitrogen and oxygen atoms in total. The second kappa shape index (κ2) is 6.90. The molecule has 2 N–H and O–H groups in total. The van der Waals surface area contributed by atoms with E-state index in [0.29, 0.717) is 5.92 Å². The second-order valence-electron chi connectivity index (χ2n) is 9.36. The molecule has 2 heterocycles. The topological polar surface area (TPSA) is 59.2 Å². The van der Waals surface area contributed by atoms with E-state index in [1.54, 1.807) is 0 Å². The van der Waals surface area contributed by atoms with E-state index in [0.717, 1.165) is 67.4 Å². The van der Waals surface area contributed by atoms with Gasteiger partial charge in [0.2, 0.25) is 0 Å². The Hall–Kier alpha value is -1.94. The molecular formula is C23H31N3O. The monoisotopic (exact) mass is 365 g/mol. The molecule has 1 fully saturated rings. The zero-order valence-electron chi connectivity index (χ0n) is 16.8. The molecule has 1 aliphatic carbocycles. The van der Waals surface area contributed by atoms with Gasteiger partial charge in [0.25, 0.3) is 5.91 Å². The number of rotatable bonds is 1. The first kappa shape index (κ1) is 18.4. The Balaban J connectivity index is 1.81. The number of nitrogens with zero attached hydrogens (tertiary/aromatic N) is 2. The van der Waals surface area contributed by atoms with E-state index in [4.69, 9.17) is 10.7 Å². The van der Waals surface area contributed by atoms with Gasteiger partial charge in [0.05, 0.1) is 11.1 Å². The number of hydrogen-bond donors (Lipinski definition) is 1. The van der Waals surface area contributed by atoms with E-state index < -0.39 is 0 Å². The van der Waals surface area contributed by atoms with Gasteiger partial charge in [0.15, 0.2) is 0 Å². The van der Waals surface area contributed by atoms with Crippen LogP contribution in [0.25, 0.3) is 10.9 Å². The van der Waals surface area contributed by atoms with E-state index in [9.17, 15) is 4.79 Å². The average Bonchev–Trinajstić information content (AvgIpc) is 2.65. The van der Waals surface area contributed by atoms with Gasteiger partial charge in [-0.1, -0.05) is 39.0 Å². The minimum atomic E-state index is 0.173. The summed E-state index contributed by atoms with van der Waals surface area (Å²) in [5.74, 6) is 0.751. The number of pyridine rings is 1. The maximum atomic E-state index is 13.6. The van der Waals surface area contributed by atoms with Crippen LogP contribution in [0.3, 0.4) is 0 Å². The van der Waals surface area contributed by atoms with Crippen molar-refractivity contribution in [1.82, 2.24) is 9.88 Å². The molecule has 1 aromatic heterocycles. The van der Waals surface area contributed by atoms with E-state index in [2.05, 4.69) is 26.8 Å². The zero-order valence-corrected chi connectivity index (χ0v) is 16.8. The predicted molar refractivity (Wildman–Crippen MR) is 110 cm³/mol. The quantitative estimate of drug-likeness (QED) is 0.832. The number of nitrogens with two attached hydrogens (primary N) is 1. The molecule has 0 radical (unpaired) electrons. The number of carbonyl (C=O) groups excluding carboxylic acids is 1. The summed E-state index contributed by atoms with van der Waals surface area (Å²) < 4.78 is 0. The van der Waals surface area contributed by atoms with Gasteiger partial charge in [-0.2, -0.15) is 0 Å². The molecule has 0 spiro atoms. The maximum absolute atomic E-state index is 13.6. The Labute approximate surface area is 162 Å². The summed E-state index contributed by atoms with van der Waals surface area (Å²) >= 11 is 0. The molecule has 4 rings (SSSR count). The minimum Gasteiger partial charge on any atom is -0.339 e. The minimum absolute atomic E-state index is 0.173. The van der Waals surface area contributed by atoms with Crippen molar-refractivity contribution >= 4 is 16.8 Å². The van der Waals surface area contributed by atoms with Crippen molar-refractivity contribution < 1.29 is 4.79 Å². The molecular weight excluding hydrogens is 334 g/mol. The predicted octanol–water partition coefficient (Wildman–Crippen LogP) is 3.95. The molecule has 1 aromatic carbocycles. The fraction of sp³-hybridized carbons (Fsp3) is 0.565. The van der Waals surface area contributed by atoms with Crippen LogP contribution in [0.15, 0.2) is 24.3 Å². The summed E-state index contributed by atoms with van der Waals surface area (Å²) in [7, 11) is 0. The Bertz CT molecular complexity index is 860. The van der Waals surface area contributed by atoms with Gasteiger partial charge in [-0.3, -0.25) is 9.78 Å². The van der Waals surface area contributed by atoms with Crippen LogP contribution < -0.4 is 5.73 Å². The number of aromatic nitrogens is 1. The molecule has 0 bridgehead atoms. The highest BCUT2D eigenvalue weighted by atomic mass is 16.2. The molecule has 1 amide bonds. The summed E-state index contributed by atoms with van der Waals surface area (Å²) in [6, 6.07) is 8.35. The molecule has 1 aliphatic heterocycles. The lowest BCUT2D eigenvalue weighted by molar-refractivity contribution is 0.0714. The van der Waals surface area contributed by atoms with Crippen LogP contribution in [0.4, 0.5) is 0 Å². The van der Waals surface area contributed by atoms with E-state index in [1.807, 2.05) is 23.1 Å². The lowest BCUT2D eigenvalue weighted by atomic mass is 9.70. The smallest absolute Gasteiger partial charge is 0.254 e. The highest BCUT2D eigenvalue weighted by Crippen LogP contribution is 2.39. The van der Waals surface area contributed by atoms with Crippen LogP contribution in [0.1, 0.15) is 61.6 Å². The van der Waals surface area contributed by atoms with Gasteiger partial charge >= 0.3 is 0 Å². The van der Waals surface area contributed by atoms with Crippen LogP contribution in [0.2, 0.25) is 0 Å². The Morgan fingerprint density at radius 3 is 2.56 bits per heavy atom. The van der Waals surface area contributed by atoms with Crippen LogP contribution in [0.5, 0.6) is 0 Å². The number of fused-ring (bicyclic) bond motifs is 2. The molecule has 1 unspecified atom stereocenters. The number of hydrogen-bond acceptors (Lipinski definition) is 3. The van der Waals surface area contributed by atoms with Crippen molar-refractivity contribution in [3.8, 4) is 0 Å². The third-order valence-corrected chi connectivity index (χ3v) is 6.52. The Kier molecular flexibility index (Phi) is 4.71. The fourth-order valence-electron chi connectivity index (χ4n) is 4.63. The maximum Gasteiger partial charge on any atom is 0.254 e. The van der Waals surface area contributed by atoms with Crippen LogP contribution in [-0.2, 0) is 12.8 Å².